The Morgan fingerprint density at radius 1 is 0.640 bits per heavy atom. The highest BCUT2D eigenvalue weighted by atomic mass is 14.3. The molecule has 134 valence electrons. The van der Waals surface area contributed by atoms with E-state index in [0.29, 0.717) is 0 Å². The smallest absolute Gasteiger partial charge is 0.00131 e. The topological polar surface area (TPSA) is 0 Å². The minimum absolute atomic E-state index is 1.14. The van der Waals surface area contributed by atoms with E-state index in [0.717, 1.165) is 6.42 Å². The second kappa shape index (κ2) is 8.21. The molecule has 0 fully saturated rings. The molecule has 0 heteroatoms. The van der Waals surface area contributed by atoms with Gasteiger partial charge in [-0.15, -0.1) is 0 Å². The van der Waals surface area contributed by atoms with Crippen LogP contribution in [0.3, 0.4) is 0 Å². The van der Waals surface area contributed by atoms with Crippen LogP contribution in [-0.4, -0.2) is 0 Å². The monoisotopic (exact) mass is 334 g/mol. The van der Waals surface area contributed by atoms with Gasteiger partial charge in [0.1, 0.15) is 0 Å². The van der Waals surface area contributed by atoms with Crippen molar-refractivity contribution < 1.29 is 0 Å². The Labute approximate surface area is 154 Å². The minimum Gasteiger partial charge on any atom is -0.0651 e. The fraction of sp³-hybridized carbons (Fsp3) is 0.520. The normalized spacial score (nSPS) is 12.3. The van der Waals surface area contributed by atoms with Gasteiger partial charge in [0.15, 0.2) is 0 Å². The summed E-state index contributed by atoms with van der Waals surface area (Å²) in [7, 11) is 0. The van der Waals surface area contributed by atoms with Gasteiger partial charge in [-0.3, -0.25) is 0 Å². The van der Waals surface area contributed by atoms with E-state index in [4.69, 9.17) is 0 Å². The van der Waals surface area contributed by atoms with Gasteiger partial charge in [0, 0.05) is 0 Å². The molecule has 0 atom stereocenters. The molecule has 0 unspecified atom stereocenters. The predicted molar refractivity (Wildman–Crippen MR) is 111 cm³/mol. The molecule has 0 bridgehead atoms. The third-order valence-electron chi connectivity index (χ3n) is 5.63. The molecule has 3 rings (SSSR count). The molecule has 0 saturated carbocycles. The molecule has 2 aromatic rings. The van der Waals surface area contributed by atoms with Crippen LogP contribution in [0.25, 0.3) is 11.1 Å². The maximum atomic E-state index is 2.57. The Morgan fingerprint density at radius 3 is 1.96 bits per heavy atom. The van der Waals surface area contributed by atoms with Crippen molar-refractivity contribution in [2.75, 3.05) is 0 Å². The first-order valence-corrected chi connectivity index (χ1v) is 10.5. The molecule has 0 amide bonds. The van der Waals surface area contributed by atoms with Crippen molar-refractivity contribution >= 4 is 0 Å². The summed E-state index contributed by atoms with van der Waals surface area (Å²) in [6, 6.07) is 9.57. The first-order valence-electron chi connectivity index (χ1n) is 10.5. The van der Waals surface area contributed by atoms with Crippen molar-refractivity contribution in [2.45, 2.75) is 85.5 Å². The summed E-state index contributed by atoms with van der Waals surface area (Å²) < 4.78 is 0. The second-order valence-electron chi connectivity index (χ2n) is 7.65. The van der Waals surface area contributed by atoms with E-state index in [9.17, 15) is 0 Å². The van der Waals surface area contributed by atoms with E-state index in [-0.39, 0.29) is 0 Å². The molecule has 0 aliphatic heterocycles. The zero-order valence-electron chi connectivity index (χ0n) is 16.7. The van der Waals surface area contributed by atoms with Crippen molar-refractivity contribution in [3.63, 3.8) is 0 Å². The molecule has 1 aliphatic rings. The van der Waals surface area contributed by atoms with E-state index in [1.165, 1.54) is 51.4 Å². The zero-order chi connectivity index (χ0) is 17.8. The molecule has 0 saturated heterocycles. The van der Waals surface area contributed by atoms with E-state index >= 15 is 0 Å². The number of hydrogen-bond acceptors (Lipinski definition) is 0. The Morgan fingerprint density at radius 2 is 1.28 bits per heavy atom. The molecule has 1 aliphatic carbocycles. The first kappa shape index (κ1) is 18.2. The fourth-order valence-electron chi connectivity index (χ4n) is 4.74. The van der Waals surface area contributed by atoms with Gasteiger partial charge in [0.25, 0.3) is 0 Å². The van der Waals surface area contributed by atoms with E-state index in [2.05, 4.69) is 52.0 Å². The summed E-state index contributed by atoms with van der Waals surface area (Å²) in [4.78, 5) is 0. The number of benzene rings is 2. The quantitative estimate of drug-likeness (QED) is 0.413. The summed E-state index contributed by atoms with van der Waals surface area (Å²) in [6.45, 7) is 9.28. The highest BCUT2D eigenvalue weighted by molar-refractivity contribution is 5.83. The van der Waals surface area contributed by atoms with Gasteiger partial charge in [-0.25, -0.2) is 0 Å². The highest BCUT2D eigenvalue weighted by Crippen LogP contribution is 2.44. The molecule has 0 heterocycles. The lowest BCUT2D eigenvalue weighted by Crippen LogP contribution is -2.05. The minimum atomic E-state index is 1.14. The maximum Gasteiger partial charge on any atom is -0.00131 e. The van der Waals surface area contributed by atoms with Gasteiger partial charge in [0.05, 0.1) is 0 Å². The molecule has 0 radical (unpaired) electrons. The van der Waals surface area contributed by atoms with Crippen LogP contribution < -0.4 is 0 Å². The third kappa shape index (κ3) is 3.41. The standard InChI is InChI=1S/C25H34/c1-5-10-18-14-9-15-20-17-21-16-19(11-6-2)22(12-7-3)23(13-8-4)25(21)24(18)20/h9,14-16H,5-8,10-13,17H2,1-4H3. The van der Waals surface area contributed by atoms with Gasteiger partial charge < -0.3 is 0 Å². The second-order valence-corrected chi connectivity index (χ2v) is 7.65. The lowest BCUT2D eigenvalue weighted by Gasteiger charge is -2.20. The molecule has 0 nitrogen and oxygen atoms in total. The number of aryl methyl sites for hydroxylation is 2. The highest BCUT2D eigenvalue weighted by Gasteiger charge is 2.26. The molecular weight excluding hydrogens is 300 g/mol. The van der Waals surface area contributed by atoms with Gasteiger partial charge in [0.2, 0.25) is 0 Å². The molecule has 0 N–H and O–H groups in total. The van der Waals surface area contributed by atoms with Gasteiger partial charge in [-0.1, -0.05) is 77.6 Å². The van der Waals surface area contributed by atoms with Crippen LogP contribution in [0, 0.1) is 0 Å². The van der Waals surface area contributed by atoms with Crippen LogP contribution in [0.5, 0.6) is 0 Å². The third-order valence-corrected chi connectivity index (χ3v) is 5.63. The molecule has 25 heavy (non-hydrogen) atoms. The lowest BCUT2D eigenvalue weighted by molar-refractivity contribution is 0.824. The number of rotatable bonds is 8. The van der Waals surface area contributed by atoms with Crippen LogP contribution in [0.15, 0.2) is 24.3 Å². The van der Waals surface area contributed by atoms with Crippen molar-refractivity contribution in [3.05, 3.63) is 57.6 Å². The summed E-state index contributed by atoms with van der Waals surface area (Å²) in [5.41, 5.74) is 13.0. The zero-order valence-corrected chi connectivity index (χ0v) is 16.7. The van der Waals surface area contributed by atoms with Crippen LogP contribution in [0.1, 0.15) is 86.8 Å². The predicted octanol–water partition coefficient (Wildman–Crippen LogP) is 7.07. The van der Waals surface area contributed by atoms with Crippen LogP contribution in [-0.2, 0) is 32.1 Å². The molecule has 0 spiro atoms. The molecule has 2 aromatic carbocycles. The lowest BCUT2D eigenvalue weighted by atomic mass is 9.84. The van der Waals surface area contributed by atoms with E-state index < -0.39 is 0 Å². The van der Waals surface area contributed by atoms with Crippen molar-refractivity contribution in [2.24, 2.45) is 0 Å². The fourth-order valence-corrected chi connectivity index (χ4v) is 4.74. The average molecular weight is 335 g/mol. The van der Waals surface area contributed by atoms with Crippen molar-refractivity contribution in [1.82, 2.24) is 0 Å². The van der Waals surface area contributed by atoms with E-state index in [1.54, 1.807) is 44.5 Å². The van der Waals surface area contributed by atoms with Crippen molar-refractivity contribution in [3.8, 4) is 11.1 Å². The summed E-state index contributed by atoms with van der Waals surface area (Å²) >= 11 is 0. The number of hydrogen-bond donors (Lipinski definition) is 0. The SMILES string of the molecule is CCCc1cc2c(c(CCC)c1CCC)-c1c(CCC)cccc1C2. The van der Waals surface area contributed by atoms with Gasteiger partial charge in [-0.2, -0.15) is 0 Å². The Kier molecular flexibility index (Phi) is 5.99. The summed E-state index contributed by atoms with van der Waals surface area (Å²) in [5.74, 6) is 0. The summed E-state index contributed by atoms with van der Waals surface area (Å²) in [6.07, 6.45) is 11.0. The van der Waals surface area contributed by atoms with Crippen LogP contribution in [0.4, 0.5) is 0 Å². The summed E-state index contributed by atoms with van der Waals surface area (Å²) in [5, 5.41) is 0. The average Bonchev–Trinajstić information content (AvgIpc) is 2.97. The maximum absolute atomic E-state index is 2.57. The van der Waals surface area contributed by atoms with Crippen molar-refractivity contribution in [1.29, 1.82) is 0 Å². The Bertz CT molecular complexity index is 736. The Balaban J connectivity index is 2.25. The molecular formula is C25H34. The Hall–Kier alpha value is -1.56. The van der Waals surface area contributed by atoms with Gasteiger partial charge >= 0.3 is 0 Å². The largest absolute Gasteiger partial charge is 0.0651 e. The first-order chi connectivity index (χ1) is 12.2. The number of fused-ring (bicyclic) bond motifs is 3. The van der Waals surface area contributed by atoms with Gasteiger partial charge in [-0.05, 0) is 76.6 Å². The van der Waals surface area contributed by atoms with Crippen LogP contribution in [0.2, 0.25) is 0 Å². The van der Waals surface area contributed by atoms with E-state index in [1.807, 2.05) is 0 Å². The van der Waals surface area contributed by atoms with Crippen LogP contribution >= 0.6 is 0 Å². The molecule has 0 aromatic heterocycles.